The third-order valence-corrected chi connectivity index (χ3v) is 4.92. The van der Waals surface area contributed by atoms with Crippen LogP contribution in [0.15, 0.2) is 53.7 Å². The molecule has 3 aromatic rings. The van der Waals surface area contributed by atoms with Crippen molar-refractivity contribution in [3.8, 4) is 11.6 Å². The van der Waals surface area contributed by atoms with Gasteiger partial charge < -0.3 is 20.1 Å². The number of benzene rings is 1. The van der Waals surface area contributed by atoms with Gasteiger partial charge in [-0.1, -0.05) is 24.3 Å². The minimum absolute atomic E-state index is 0.434. The maximum absolute atomic E-state index is 5.64. The molecule has 0 aliphatic rings. The van der Waals surface area contributed by atoms with Gasteiger partial charge in [-0.2, -0.15) is 5.10 Å². The lowest BCUT2D eigenvalue weighted by Gasteiger charge is -2.12. The molecule has 0 spiro atoms. The number of hydrogen-bond donors (Lipinski definition) is 2. The fraction of sp³-hybridized carbons (Fsp3) is 0.348. The Kier molecular flexibility index (Phi) is 7.86. The van der Waals surface area contributed by atoms with Crippen LogP contribution in [0.2, 0.25) is 0 Å². The van der Waals surface area contributed by atoms with E-state index < -0.39 is 0 Å². The Hall–Kier alpha value is -3.55. The number of nitrogens with one attached hydrogen (secondary N) is 2. The first-order chi connectivity index (χ1) is 15.1. The first kappa shape index (κ1) is 22.1. The van der Waals surface area contributed by atoms with Crippen LogP contribution in [0.1, 0.15) is 22.5 Å². The number of rotatable bonds is 9. The predicted molar refractivity (Wildman–Crippen MR) is 121 cm³/mol. The quantitative estimate of drug-likeness (QED) is 0.313. The van der Waals surface area contributed by atoms with Gasteiger partial charge in [0.1, 0.15) is 19.0 Å². The molecule has 8 nitrogen and oxygen atoms in total. The molecule has 3 rings (SSSR count). The number of pyridine rings is 1. The van der Waals surface area contributed by atoms with Gasteiger partial charge in [-0.15, -0.1) is 0 Å². The van der Waals surface area contributed by atoms with E-state index in [0.29, 0.717) is 32.2 Å². The van der Waals surface area contributed by atoms with Crippen LogP contribution < -0.4 is 20.1 Å². The molecule has 8 heteroatoms. The standard InChI is InChI=1S/C23H30N6O2/c1-17-21(18(2)29(4)28-17)16-27-23(24-3)26-15-19-10-11-22(25-14-19)31-13-12-30-20-8-6-5-7-9-20/h5-11,14H,12-13,15-16H2,1-4H3,(H2,24,26,27). The average molecular weight is 423 g/mol. The lowest BCUT2D eigenvalue weighted by molar-refractivity contribution is 0.212. The normalized spacial score (nSPS) is 11.3. The molecule has 2 N–H and O–H groups in total. The van der Waals surface area contributed by atoms with Crippen LogP contribution in [-0.2, 0) is 20.1 Å². The van der Waals surface area contributed by atoms with E-state index in [1.807, 2.05) is 61.1 Å². The van der Waals surface area contributed by atoms with Gasteiger partial charge in [0.2, 0.25) is 5.88 Å². The molecule has 0 radical (unpaired) electrons. The summed E-state index contributed by atoms with van der Waals surface area (Å²) in [5.41, 5.74) is 4.39. The molecule has 0 saturated carbocycles. The number of aromatic nitrogens is 3. The molecular formula is C23H30N6O2. The van der Waals surface area contributed by atoms with Crippen LogP contribution in [0, 0.1) is 13.8 Å². The molecule has 1 aromatic carbocycles. The first-order valence-corrected chi connectivity index (χ1v) is 10.3. The highest BCUT2D eigenvalue weighted by molar-refractivity contribution is 5.79. The summed E-state index contributed by atoms with van der Waals surface area (Å²) in [6.45, 7) is 6.26. The Morgan fingerprint density at radius 3 is 2.39 bits per heavy atom. The second kappa shape index (κ2) is 11.0. The molecule has 0 aliphatic carbocycles. The van der Waals surface area contributed by atoms with E-state index in [1.165, 1.54) is 5.56 Å². The summed E-state index contributed by atoms with van der Waals surface area (Å²) in [6, 6.07) is 13.5. The van der Waals surface area contributed by atoms with Crippen LogP contribution in [0.5, 0.6) is 11.6 Å². The van der Waals surface area contributed by atoms with Crippen molar-refractivity contribution in [3.63, 3.8) is 0 Å². The molecule has 2 aromatic heterocycles. The van der Waals surface area contributed by atoms with Gasteiger partial charge in [-0.3, -0.25) is 9.67 Å². The molecule has 0 fully saturated rings. The Morgan fingerprint density at radius 1 is 1.00 bits per heavy atom. The number of hydrogen-bond acceptors (Lipinski definition) is 5. The van der Waals surface area contributed by atoms with Crippen molar-refractivity contribution >= 4 is 5.96 Å². The lowest BCUT2D eigenvalue weighted by Crippen LogP contribution is -2.36. The molecule has 0 aliphatic heterocycles. The van der Waals surface area contributed by atoms with Crippen molar-refractivity contribution in [1.29, 1.82) is 0 Å². The van der Waals surface area contributed by atoms with Crippen molar-refractivity contribution in [2.75, 3.05) is 20.3 Å². The van der Waals surface area contributed by atoms with Crippen molar-refractivity contribution in [2.24, 2.45) is 12.0 Å². The summed E-state index contributed by atoms with van der Waals surface area (Å²) in [5, 5.41) is 11.1. The highest BCUT2D eigenvalue weighted by atomic mass is 16.5. The fourth-order valence-corrected chi connectivity index (χ4v) is 3.08. The third-order valence-electron chi connectivity index (χ3n) is 4.92. The maximum Gasteiger partial charge on any atom is 0.213 e. The minimum atomic E-state index is 0.434. The van der Waals surface area contributed by atoms with Gasteiger partial charge in [0.05, 0.1) is 5.69 Å². The maximum atomic E-state index is 5.64. The van der Waals surface area contributed by atoms with Crippen molar-refractivity contribution in [1.82, 2.24) is 25.4 Å². The summed E-state index contributed by atoms with van der Waals surface area (Å²) in [7, 11) is 3.71. The Morgan fingerprint density at radius 2 is 1.74 bits per heavy atom. The number of guanidine groups is 1. The zero-order valence-electron chi connectivity index (χ0n) is 18.6. The number of para-hydroxylation sites is 1. The topological polar surface area (TPSA) is 85.6 Å². The molecule has 0 bridgehead atoms. The van der Waals surface area contributed by atoms with E-state index in [-0.39, 0.29) is 0 Å². The van der Waals surface area contributed by atoms with Gasteiger partial charge in [0, 0.05) is 50.7 Å². The first-order valence-electron chi connectivity index (χ1n) is 10.3. The molecule has 0 unspecified atom stereocenters. The summed E-state index contributed by atoms with van der Waals surface area (Å²) >= 11 is 0. The number of nitrogens with zero attached hydrogens (tertiary/aromatic N) is 4. The van der Waals surface area contributed by atoms with Crippen LogP contribution >= 0.6 is 0 Å². The molecule has 0 atom stereocenters. The zero-order chi connectivity index (χ0) is 22.1. The second-order valence-corrected chi connectivity index (χ2v) is 7.07. The van der Waals surface area contributed by atoms with E-state index >= 15 is 0 Å². The van der Waals surface area contributed by atoms with Crippen molar-refractivity contribution < 1.29 is 9.47 Å². The third kappa shape index (κ3) is 6.47. The van der Waals surface area contributed by atoms with Crippen LogP contribution in [0.4, 0.5) is 0 Å². The Balaban J connectivity index is 1.40. The second-order valence-electron chi connectivity index (χ2n) is 7.07. The summed E-state index contributed by atoms with van der Waals surface area (Å²) in [6.07, 6.45) is 1.79. The summed E-state index contributed by atoms with van der Waals surface area (Å²) in [5.74, 6) is 2.13. The van der Waals surface area contributed by atoms with Gasteiger partial charge in [0.25, 0.3) is 0 Å². The van der Waals surface area contributed by atoms with Gasteiger partial charge in [-0.25, -0.2) is 4.98 Å². The van der Waals surface area contributed by atoms with Gasteiger partial charge >= 0.3 is 0 Å². The van der Waals surface area contributed by atoms with Crippen LogP contribution in [-0.4, -0.2) is 41.0 Å². The van der Waals surface area contributed by atoms with E-state index in [2.05, 4.69) is 32.6 Å². The zero-order valence-corrected chi connectivity index (χ0v) is 18.6. The average Bonchev–Trinajstić information content (AvgIpc) is 3.04. The lowest BCUT2D eigenvalue weighted by atomic mass is 10.2. The SMILES string of the molecule is CN=C(NCc1ccc(OCCOc2ccccc2)nc1)NCc1c(C)nn(C)c1C. The predicted octanol–water partition coefficient (Wildman–Crippen LogP) is 2.75. The van der Waals surface area contributed by atoms with Gasteiger partial charge in [-0.05, 0) is 31.5 Å². The number of ether oxygens (including phenoxy) is 2. The van der Waals surface area contributed by atoms with Gasteiger partial charge in [0.15, 0.2) is 5.96 Å². The van der Waals surface area contributed by atoms with E-state index in [4.69, 9.17) is 9.47 Å². The largest absolute Gasteiger partial charge is 0.490 e. The Labute approximate surface area is 183 Å². The highest BCUT2D eigenvalue weighted by Gasteiger charge is 2.09. The molecule has 164 valence electrons. The molecule has 0 amide bonds. The van der Waals surface area contributed by atoms with E-state index in [9.17, 15) is 0 Å². The molecule has 2 heterocycles. The minimum Gasteiger partial charge on any atom is -0.490 e. The van der Waals surface area contributed by atoms with Crippen molar-refractivity contribution in [2.45, 2.75) is 26.9 Å². The summed E-state index contributed by atoms with van der Waals surface area (Å²) < 4.78 is 13.1. The summed E-state index contributed by atoms with van der Waals surface area (Å²) in [4.78, 5) is 8.64. The fourth-order valence-electron chi connectivity index (χ4n) is 3.08. The monoisotopic (exact) mass is 422 g/mol. The number of aliphatic imine (C=N–C) groups is 1. The molecule has 31 heavy (non-hydrogen) atoms. The number of aryl methyl sites for hydroxylation is 2. The Bertz CT molecular complexity index is 983. The van der Waals surface area contributed by atoms with E-state index in [0.717, 1.165) is 28.7 Å². The van der Waals surface area contributed by atoms with E-state index in [1.54, 1.807) is 13.2 Å². The van der Waals surface area contributed by atoms with Crippen molar-refractivity contribution in [3.05, 3.63) is 71.2 Å². The highest BCUT2D eigenvalue weighted by Crippen LogP contribution is 2.12. The van der Waals surface area contributed by atoms with Crippen LogP contribution in [0.3, 0.4) is 0 Å². The molecule has 0 saturated heterocycles. The smallest absolute Gasteiger partial charge is 0.213 e. The molecular weight excluding hydrogens is 392 g/mol. The van der Waals surface area contributed by atoms with Crippen LogP contribution in [0.25, 0.3) is 0 Å².